The summed E-state index contributed by atoms with van der Waals surface area (Å²) in [5.41, 5.74) is 2.53. The second-order valence-corrected chi connectivity index (χ2v) is 9.43. The molecule has 1 fully saturated rings. The first kappa shape index (κ1) is 21.2. The molecule has 1 aliphatic heterocycles. The van der Waals surface area contributed by atoms with Crippen LogP contribution in [0, 0.1) is 0 Å². The number of rotatable bonds is 7. The second kappa shape index (κ2) is 9.33. The summed E-state index contributed by atoms with van der Waals surface area (Å²) in [7, 11) is -3.27. The number of nitrogens with zero attached hydrogens (tertiary/aromatic N) is 1. The summed E-state index contributed by atoms with van der Waals surface area (Å²) in [6.45, 7) is 3.55. The van der Waals surface area contributed by atoms with Crippen LogP contribution in [0.5, 0.6) is 0 Å². The highest BCUT2D eigenvalue weighted by Crippen LogP contribution is 2.26. The van der Waals surface area contributed by atoms with E-state index in [-0.39, 0.29) is 6.04 Å². The van der Waals surface area contributed by atoms with Gasteiger partial charge in [-0.15, -0.1) is 0 Å². The van der Waals surface area contributed by atoms with Crippen molar-refractivity contribution >= 4 is 44.6 Å². The monoisotopic (exact) mass is 443 g/mol. The fraction of sp³-hybridized carbons (Fsp3) is 0.368. The number of benzene rings is 2. The van der Waals surface area contributed by atoms with Crippen molar-refractivity contribution in [3.63, 3.8) is 0 Å². The van der Waals surface area contributed by atoms with Crippen molar-refractivity contribution in [2.45, 2.75) is 12.6 Å². The van der Waals surface area contributed by atoms with Gasteiger partial charge in [0, 0.05) is 47.1 Å². The third-order valence-electron chi connectivity index (χ3n) is 4.31. The molecule has 2 aromatic rings. The van der Waals surface area contributed by atoms with E-state index < -0.39 is 10.0 Å². The molecule has 1 aliphatic rings. The van der Waals surface area contributed by atoms with E-state index in [1.165, 1.54) is 0 Å². The zero-order chi connectivity index (χ0) is 20.1. The molecule has 2 N–H and O–H groups in total. The van der Waals surface area contributed by atoms with E-state index in [1.807, 2.05) is 24.3 Å². The van der Waals surface area contributed by atoms with Crippen molar-refractivity contribution in [1.82, 2.24) is 5.32 Å². The first-order valence-electron chi connectivity index (χ1n) is 8.87. The highest BCUT2D eigenvalue weighted by Gasteiger charge is 2.20. The van der Waals surface area contributed by atoms with Crippen LogP contribution in [0.3, 0.4) is 0 Å². The zero-order valence-corrected chi connectivity index (χ0v) is 17.8. The molecule has 6 nitrogen and oxygen atoms in total. The molecule has 0 radical (unpaired) electrons. The molecule has 0 spiro atoms. The summed E-state index contributed by atoms with van der Waals surface area (Å²) in [6, 6.07) is 12.9. The second-order valence-electron chi connectivity index (χ2n) is 6.81. The topological polar surface area (TPSA) is 70.7 Å². The smallest absolute Gasteiger partial charge is 0.229 e. The third-order valence-corrected chi connectivity index (χ3v) is 5.36. The van der Waals surface area contributed by atoms with Gasteiger partial charge in [0.05, 0.1) is 19.5 Å². The summed E-state index contributed by atoms with van der Waals surface area (Å²) >= 11 is 12.2. The fourth-order valence-electron chi connectivity index (χ4n) is 3.10. The summed E-state index contributed by atoms with van der Waals surface area (Å²) in [6.07, 6.45) is 1.13. The maximum absolute atomic E-state index is 11.2. The maximum Gasteiger partial charge on any atom is 0.229 e. The van der Waals surface area contributed by atoms with Gasteiger partial charge in [-0.1, -0.05) is 35.3 Å². The summed E-state index contributed by atoms with van der Waals surface area (Å²) in [5.74, 6) is 0. The van der Waals surface area contributed by atoms with Gasteiger partial charge in [0.25, 0.3) is 0 Å². The van der Waals surface area contributed by atoms with E-state index in [9.17, 15) is 8.42 Å². The SMILES string of the molecule is CS(=O)(=O)Nc1ccc(COCC2CN(c3cc(Cl)cc(Cl)c3)CCN2)cc1. The van der Waals surface area contributed by atoms with Crippen molar-refractivity contribution < 1.29 is 13.2 Å². The van der Waals surface area contributed by atoms with E-state index in [0.717, 1.165) is 37.1 Å². The summed E-state index contributed by atoms with van der Waals surface area (Å²) in [4.78, 5) is 2.24. The molecule has 0 aliphatic carbocycles. The molecule has 1 unspecified atom stereocenters. The van der Waals surface area contributed by atoms with Gasteiger partial charge in [-0.3, -0.25) is 4.72 Å². The molecule has 3 rings (SSSR count). The van der Waals surface area contributed by atoms with Crippen LogP contribution in [0.4, 0.5) is 11.4 Å². The first-order chi connectivity index (χ1) is 13.3. The lowest BCUT2D eigenvalue weighted by atomic mass is 10.2. The zero-order valence-electron chi connectivity index (χ0n) is 15.5. The number of anilines is 2. The van der Waals surface area contributed by atoms with Crippen LogP contribution in [0.25, 0.3) is 0 Å². The summed E-state index contributed by atoms with van der Waals surface area (Å²) in [5, 5.41) is 4.71. The Morgan fingerprint density at radius 2 is 1.86 bits per heavy atom. The van der Waals surface area contributed by atoms with Gasteiger partial charge < -0.3 is 15.0 Å². The molecule has 9 heteroatoms. The highest BCUT2D eigenvalue weighted by atomic mass is 35.5. The van der Waals surface area contributed by atoms with E-state index in [4.69, 9.17) is 27.9 Å². The third kappa shape index (κ3) is 6.53. The Morgan fingerprint density at radius 1 is 1.18 bits per heavy atom. The molecular formula is C19H23Cl2N3O3S. The van der Waals surface area contributed by atoms with Crippen LogP contribution in [0.15, 0.2) is 42.5 Å². The number of hydrogen-bond acceptors (Lipinski definition) is 5. The highest BCUT2D eigenvalue weighted by molar-refractivity contribution is 7.92. The van der Waals surface area contributed by atoms with Crippen LogP contribution >= 0.6 is 23.2 Å². The van der Waals surface area contributed by atoms with Crippen molar-refractivity contribution in [2.75, 3.05) is 42.1 Å². The van der Waals surface area contributed by atoms with Crippen molar-refractivity contribution in [2.24, 2.45) is 0 Å². The number of ether oxygens (including phenoxy) is 1. The lowest BCUT2D eigenvalue weighted by molar-refractivity contribution is 0.0972. The van der Waals surface area contributed by atoms with Gasteiger partial charge >= 0.3 is 0 Å². The Morgan fingerprint density at radius 3 is 2.50 bits per heavy atom. The Hall–Kier alpha value is -1.51. The Bertz CT molecular complexity index is 887. The lowest BCUT2D eigenvalue weighted by Gasteiger charge is -2.35. The molecule has 1 heterocycles. The van der Waals surface area contributed by atoms with Crippen LogP contribution in [0.2, 0.25) is 10.0 Å². The molecule has 0 saturated carbocycles. The number of nitrogens with one attached hydrogen (secondary N) is 2. The van der Waals surface area contributed by atoms with Crippen molar-refractivity contribution in [1.29, 1.82) is 0 Å². The number of sulfonamides is 1. The van der Waals surface area contributed by atoms with Crippen LogP contribution in [-0.4, -0.2) is 47.0 Å². The molecular weight excluding hydrogens is 421 g/mol. The van der Waals surface area contributed by atoms with Gasteiger partial charge in [0.15, 0.2) is 0 Å². The van der Waals surface area contributed by atoms with Crippen LogP contribution < -0.4 is 14.9 Å². The molecule has 28 heavy (non-hydrogen) atoms. The molecule has 152 valence electrons. The van der Waals surface area contributed by atoms with Gasteiger partial charge in [-0.05, 0) is 35.9 Å². The average Bonchev–Trinajstić information content (AvgIpc) is 2.61. The Kier molecular flexibility index (Phi) is 7.06. The van der Waals surface area contributed by atoms with E-state index in [2.05, 4.69) is 14.9 Å². The normalized spacial score (nSPS) is 17.5. The standard InChI is InChI=1S/C19H23Cl2N3O3S/c1-28(25,26)23-17-4-2-14(3-5-17)12-27-13-18-11-24(7-6-22-18)19-9-15(20)8-16(21)10-19/h2-5,8-10,18,22-23H,6-7,11-13H2,1H3. The minimum Gasteiger partial charge on any atom is -0.375 e. The minimum absolute atomic E-state index is 0.192. The number of halogens is 2. The predicted molar refractivity (Wildman–Crippen MR) is 115 cm³/mol. The Labute approximate surface area is 175 Å². The average molecular weight is 444 g/mol. The molecule has 0 bridgehead atoms. The molecule has 1 atom stereocenters. The molecule has 1 saturated heterocycles. The van der Waals surface area contributed by atoms with E-state index in [1.54, 1.807) is 18.2 Å². The number of hydrogen-bond donors (Lipinski definition) is 2. The van der Waals surface area contributed by atoms with Gasteiger partial charge in [-0.2, -0.15) is 0 Å². The van der Waals surface area contributed by atoms with Crippen LogP contribution in [-0.2, 0) is 21.4 Å². The summed E-state index contributed by atoms with van der Waals surface area (Å²) < 4.78 is 30.8. The Balaban J connectivity index is 1.49. The largest absolute Gasteiger partial charge is 0.375 e. The van der Waals surface area contributed by atoms with E-state index in [0.29, 0.717) is 28.9 Å². The van der Waals surface area contributed by atoms with Crippen molar-refractivity contribution in [3.05, 3.63) is 58.1 Å². The first-order valence-corrected chi connectivity index (χ1v) is 11.5. The van der Waals surface area contributed by atoms with Gasteiger partial charge in [0.2, 0.25) is 10.0 Å². The quantitative estimate of drug-likeness (QED) is 0.686. The van der Waals surface area contributed by atoms with Crippen molar-refractivity contribution in [3.8, 4) is 0 Å². The van der Waals surface area contributed by atoms with Gasteiger partial charge in [0.1, 0.15) is 0 Å². The molecule has 0 aromatic heterocycles. The van der Waals surface area contributed by atoms with E-state index >= 15 is 0 Å². The maximum atomic E-state index is 11.2. The van der Waals surface area contributed by atoms with Gasteiger partial charge in [-0.25, -0.2) is 8.42 Å². The predicted octanol–water partition coefficient (Wildman–Crippen LogP) is 3.36. The van der Waals surface area contributed by atoms with Crippen LogP contribution in [0.1, 0.15) is 5.56 Å². The molecule has 2 aromatic carbocycles. The minimum atomic E-state index is -3.27. The molecule has 0 amide bonds. The lowest BCUT2D eigenvalue weighted by Crippen LogP contribution is -2.52. The number of piperazine rings is 1. The fourth-order valence-corrected chi connectivity index (χ4v) is 4.17.